The third kappa shape index (κ3) is 7.73. The van der Waals surface area contributed by atoms with Crippen molar-refractivity contribution >= 4 is 0 Å². The first kappa shape index (κ1) is 22.8. The normalized spacial score (nSPS) is 17.1. The van der Waals surface area contributed by atoms with Crippen LogP contribution in [0, 0.1) is 0 Å². The molecule has 1 aliphatic carbocycles. The highest BCUT2D eigenvalue weighted by Gasteiger charge is 2.28. The Hall–Kier alpha value is -1.92. The number of hydrogen-bond acceptors (Lipinski definition) is 5. The second kappa shape index (κ2) is 11.5. The molecular weight excluding hydrogens is 376 g/mol. The SMILES string of the molecule is CN(Cc1ccccc1)C[C@@H](O)COc1ccc(CNCC2(O)CCCCC2)cc1. The minimum absolute atomic E-state index is 0.268. The summed E-state index contributed by atoms with van der Waals surface area (Å²) in [4.78, 5) is 2.10. The van der Waals surface area contributed by atoms with E-state index in [2.05, 4.69) is 22.3 Å². The van der Waals surface area contributed by atoms with Crippen LogP contribution in [0.2, 0.25) is 0 Å². The van der Waals surface area contributed by atoms with Gasteiger partial charge in [-0.15, -0.1) is 0 Å². The van der Waals surface area contributed by atoms with Crippen LogP contribution in [0.3, 0.4) is 0 Å². The number of ether oxygens (including phenoxy) is 1. The highest BCUT2D eigenvalue weighted by molar-refractivity contribution is 5.27. The van der Waals surface area contributed by atoms with Crippen LogP contribution in [0.1, 0.15) is 43.2 Å². The molecule has 2 aromatic rings. The highest BCUT2D eigenvalue weighted by Crippen LogP contribution is 2.27. The van der Waals surface area contributed by atoms with Gasteiger partial charge in [0.15, 0.2) is 0 Å². The largest absolute Gasteiger partial charge is 0.491 e. The van der Waals surface area contributed by atoms with Crippen LogP contribution in [-0.4, -0.2) is 53.6 Å². The van der Waals surface area contributed by atoms with Crippen molar-refractivity contribution in [2.24, 2.45) is 0 Å². The summed E-state index contributed by atoms with van der Waals surface area (Å²) in [5.74, 6) is 0.759. The quantitative estimate of drug-likeness (QED) is 0.528. The Morgan fingerprint density at radius 2 is 1.70 bits per heavy atom. The van der Waals surface area contributed by atoms with Gasteiger partial charge in [0, 0.05) is 26.2 Å². The van der Waals surface area contributed by atoms with E-state index in [4.69, 9.17) is 4.74 Å². The van der Waals surface area contributed by atoms with E-state index in [0.29, 0.717) is 13.1 Å². The fourth-order valence-corrected chi connectivity index (χ4v) is 4.09. The molecule has 0 aromatic heterocycles. The molecule has 2 aromatic carbocycles. The molecule has 1 saturated carbocycles. The minimum Gasteiger partial charge on any atom is -0.491 e. The summed E-state index contributed by atoms with van der Waals surface area (Å²) >= 11 is 0. The molecule has 1 fully saturated rings. The molecule has 0 bridgehead atoms. The summed E-state index contributed by atoms with van der Waals surface area (Å²) in [6, 6.07) is 18.2. The van der Waals surface area contributed by atoms with Crippen molar-refractivity contribution in [2.45, 2.75) is 56.9 Å². The number of likely N-dealkylation sites (N-methyl/N-ethyl adjacent to an activating group) is 1. The van der Waals surface area contributed by atoms with Gasteiger partial charge >= 0.3 is 0 Å². The molecule has 5 heteroatoms. The summed E-state index contributed by atoms with van der Waals surface area (Å²) in [6.07, 6.45) is 4.74. The molecule has 0 unspecified atom stereocenters. The molecule has 1 aliphatic rings. The van der Waals surface area contributed by atoms with Gasteiger partial charge in [0.2, 0.25) is 0 Å². The van der Waals surface area contributed by atoms with E-state index in [1.807, 2.05) is 49.5 Å². The summed E-state index contributed by atoms with van der Waals surface area (Å²) in [7, 11) is 2.00. The Morgan fingerprint density at radius 3 is 2.40 bits per heavy atom. The second-order valence-electron chi connectivity index (χ2n) is 8.68. The Bertz CT molecular complexity index is 730. The predicted octanol–water partition coefficient (Wildman–Crippen LogP) is 3.34. The molecule has 0 spiro atoms. The molecule has 30 heavy (non-hydrogen) atoms. The smallest absolute Gasteiger partial charge is 0.119 e. The van der Waals surface area contributed by atoms with Crippen molar-refractivity contribution in [3.05, 3.63) is 65.7 Å². The van der Waals surface area contributed by atoms with E-state index < -0.39 is 11.7 Å². The molecular formula is C25H36N2O3. The zero-order valence-corrected chi connectivity index (χ0v) is 18.1. The van der Waals surface area contributed by atoms with Crippen molar-refractivity contribution in [3.8, 4) is 5.75 Å². The van der Waals surface area contributed by atoms with Crippen molar-refractivity contribution < 1.29 is 14.9 Å². The first-order valence-electron chi connectivity index (χ1n) is 11.1. The van der Waals surface area contributed by atoms with Gasteiger partial charge in [-0.2, -0.15) is 0 Å². The van der Waals surface area contributed by atoms with Crippen LogP contribution in [0.25, 0.3) is 0 Å². The number of nitrogens with one attached hydrogen (secondary N) is 1. The lowest BCUT2D eigenvalue weighted by Crippen LogP contribution is -2.41. The molecule has 0 heterocycles. The fraction of sp³-hybridized carbons (Fsp3) is 0.520. The van der Waals surface area contributed by atoms with E-state index in [-0.39, 0.29) is 6.61 Å². The first-order chi connectivity index (χ1) is 14.5. The highest BCUT2D eigenvalue weighted by atomic mass is 16.5. The Labute approximate surface area is 180 Å². The van der Waals surface area contributed by atoms with Crippen LogP contribution < -0.4 is 10.1 Å². The Kier molecular flexibility index (Phi) is 8.70. The van der Waals surface area contributed by atoms with Gasteiger partial charge in [-0.05, 0) is 43.1 Å². The van der Waals surface area contributed by atoms with Crippen LogP contribution in [-0.2, 0) is 13.1 Å². The topological polar surface area (TPSA) is 65.0 Å². The lowest BCUT2D eigenvalue weighted by atomic mass is 9.85. The number of hydrogen-bond donors (Lipinski definition) is 3. The van der Waals surface area contributed by atoms with Crippen LogP contribution in [0.4, 0.5) is 0 Å². The second-order valence-corrected chi connectivity index (χ2v) is 8.68. The monoisotopic (exact) mass is 412 g/mol. The van der Waals surface area contributed by atoms with E-state index in [1.54, 1.807) is 0 Å². The number of nitrogens with zero attached hydrogens (tertiary/aromatic N) is 1. The first-order valence-corrected chi connectivity index (χ1v) is 11.1. The van der Waals surface area contributed by atoms with Crippen molar-refractivity contribution in [1.82, 2.24) is 10.2 Å². The van der Waals surface area contributed by atoms with E-state index >= 15 is 0 Å². The van der Waals surface area contributed by atoms with Gasteiger partial charge in [0.25, 0.3) is 0 Å². The Morgan fingerprint density at radius 1 is 1.00 bits per heavy atom. The maximum Gasteiger partial charge on any atom is 0.119 e. The molecule has 3 rings (SSSR count). The third-order valence-electron chi connectivity index (χ3n) is 5.75. The molecule has 5 nitrogen and oxygen atoms in total. The molecule has 3 N–H and O–H groups in total. The summed E-state index contributed by atoms with van der Waals surface area (Å²) in [5, 5.41) is 24.2. The summed E-state index contributed by atoms with van der Waals surface area (Å²) in [6.45, 7) is 3.00. The van der Waals surface area contributed by atoms with Crippen molar-refractivity contribution in [3.63, 3.8) is 0 Å². The van der Waals surface area contributed by atoms with Gasteiger partial charge in [0.1, 0.15) is 18.5 Å². The molecule has 0 aliphatic heterocycles. The number of aliphatic hydroxyl groups is 2. The summed E-state index contributed by atoms with van der Waals surface area (Å²) < 4.78 is 5.75. The fourth-order valence-electron chi connectivity index (χ4n) is 4.09. The summed E-state index contributed by atoms with van der Waals surface area (Å²) in [5.41, 5.74) is 1.85. The van der Waals surface area contributed by atoms with Crippen molar-refractivity contribution in [1.29, 1.82) is 0 Å². The third-order valence-corrected chi connectivity index (χ3v) is 5.75. The molecule has 0 saturated heterocycles. The average Bonchev–Trinajstić information content (AvgIpc) is 2.74. The van der Waals surface area contributed by atoms with Crippen molar-refractivity contribution in [2.75, 3.05) is 26.7 Å². The predicted molar refractivity (Wildman–Crippen MR) is 120 cm³/mol. The number of rotatable bonds is 11. The van der Waals surface area contributed by atoms with Crippen LogP contribution in [0.5, 0.6) is 5.75 Å². The number of benzene rings is 2. The average molecular weight is 413 g/mol. The zero-order chi connectivity index (χ0) is 21.2. The van der Waals surface area contributed by atoms with Gasteiger partial charge < -0.3 is 20.3 Å². The van der Waals surface area contributed by atoms with Gasteiger partial charge in [-0.3, -0.25) is 4.90 Å². The van der Waals surface area contributed by atoms with E-state index in [9.17, 15) is 10.2 Å². The lowest BCUT2D eigenvalue weighted by Gasteiger charge is -2.32. The lowest BCUT2D eigenvalue weighted by molar-refractivity contribution is 0.00467. The minimum atomic E-state index is -0.545. The number of aliphatic hydroxyl groups excluding tert-OH is 1. The van der Waals surface area contributed by atoms with Gasteiger partial charge in [-0.25, -0.2) is 0 Å². The van der Waals surface area contributed by atoms with Crippen LogP contribution in [0.15, 0.2) is 54.6 Å². The molecule has 164 valence electrons. The van der Waals surface area contributed by atoms with E-state index in [1.165, 1.54) is 12.0 Å². The van der Waals surface area contributed by atoms with Gasteiger partial charge in [0.05, 0.1) is 5.60 Å². The Balaban J connectivity index is 1.34. The maximum atomic E-state index is 10.6. The maximum absolute atomic E-state index is 10.6. The molecule has 1 atom stereocenters. The van der Waals surface area contributed by atoms with Crippen LogP contribution >= 0.6 is 0 Å². The molecule has 0 amide bonds. The zero-order valence-electron chi connectivity index (χ0n) is 18.1. The standard InChI is InChI=1S/C25H36N2O3/c1-27(17-22-8-4-2-5-9-22)18-23(28)19-30-24-12-10-21(11-13-24)16-26-20-25(29)14-6-3-7-15-25/h2,4-5,8-13,23,26,28-29H,3,6-7,14-20H2,1H3/t23-/m1/s1. The van der Waals surface area contributed by atoms with E-state index in [0.717, 1.165) is 50.1 Å². The molecule has 0 radical (unpaired) electrons. The van der Waals surface area contributed by atoms with Gasteiger partial charge in [-0.1, -0.05) is 61.7 Å².